The average molecular weight is 525 g/mol. The average Bonchev–Trinajstić information content (AvgIpc) is 3.54. The zero-order valence-electron chi connectivity index (χ0n) is 19.2. The molecule has 2 fully saturated rings. The first kappa shape index (κ1) is 23.9. The van der Waals surface area contributed by atoms with Crippen molar-refractivity contribution >= 4 is 26.8 Å². The van der Waals surface area contributed by atoms with Gasteiger partial charge in [-0.2, -0.15) is 0 Å². The van der Waals surface area contributed by atoms with E-state index in [-0.39, 0.29) is 12.2 Å². The number of aliphatic imine (C=N–C) groups is 1. The van der Waals surface area contributed by atoms with Gasteiger partial charge in [0, 0.05) is 0 Å². The monoisotopic (exact) mass is 524 g/mol. The molecule has 1 heterocycles. The molecule has 178 valence electrons. The number of allylic oxidation sites excluding steroid dienone is 8. The second-order valence-corrected chi connectivity index (χ2v) is 17.6. The Balaban J connectivity index is 1.56. The van der Waals surface area contributed by atoms with Crippen molar-refractivity contribution in [2.24, 2.45) is 4.99 Å². The number of rotatable bonds is 6. The molecule has 7 heteroatoms. The van der Waals surface area contributed by atoms with E-state index in [0.717, 1.165) is 38.5 Å². The van der Waals surface area contributed by atoms with Gasteiger partial charge in [0.2, 0.25) is 0 Å². The summed E-state index contributed by atoms with van der Waals surface area (Å²) >= 11 is 3.04. The molecule has 0 bridgehead atoms. The molecule has 0 spiro atoms. The van der Waals surface area contributed by atoms with Crippen LogP contribution >= 0.6 is 20.9 Å². The first-order valence-corrected chi connectivity index (χ1v) is 17.5. The maximum absolute atomic E-state index is 7.91. The van der Waals surface area contributed by atoms with E-state index in [4.69, 9.17) is 35.4 Å². The first-order valence-electron chi connectivity index (χ1n) is 12.6. The van der Waals surface area contributed by atoms with Crippen molar-refractivity contribution in [1.82, 2.24) is 5.32 Å². The molecule has 1 N–H and O–H groups in total. The third-order valence-corrected chi connectivity index (χ3v) is 16.6. The molecule has 0 aromatic carbocycles. The summed E-state index contributed by atoms with van der Waals surface area (Å²) in [6.07, 6.45) is 28.2. The zero-order valence-corrected chi connectivity index (χ0v) is 22.3. The third-order valence-electron chi connectivity index (χ3n) is 7.43. The Morgan fingerprint density at radius 2 is 1.45 bits per heavy atom. The number of hydrogen-bond acceptors (Lipinski definition) is 4. The normalized spacial score (nSPS) is 28.8. The molecule has 33 heavy (non-hydrogen) atoms. The molecule has 5 aliphatic rings. The molecule has 1 atom stereocenters. The van der Waals surface area contributed by atoms with Crippen molar-refractivity contribution in [3.63, 3.8) is 0 Å². The van der Waals surface area contributed by atoms with Crippen LogP contribution in [0.15, 0.2) is 60.4 Å². The van der Waals surface area contributed by atoms with Crippen molar-refractivity contribution in [1.29, 1.82) is 0 Å². The van der Waals surface area contributed by atoms with E-state index in [0.29, 0.717) is 11.1 Å². The van der Waals surface area contributed by atoms with Crippen LogP contribution in [0.5, 0.6) is 0 Å². The molecule has 1 unspecified atom stereocenters. The van der Waals surface area contributed by atoms with Gasteiger partial charge < -0.3 is 0 Å². The first-order chi connectivity index (χ1) is 16.1. The van der Waals surface area contributed by atoms with Gasteiger partial charge in [-0.3, -0.25) is 0 Å². The molecule has 5 rings (SSSR count). The van der Waals surface area contributed by atoms with E-state index in [9.17, 15) is 0 Å². The molecule has 0 aromatic heterocycles. The van der Waals surface area contributed by atoms with Gasteiger partial charge in [0.05, 0.1) is 0 Å². The molecule has 4 aliphatic carbocycles. The Kier molecular flexibility index (Phi) is 7.59. The molecule has 0 saturated heterocycles. The number of nitrogens with one attached hydrogen (secondary N) is 1. The third kappa shape index (κ3) is 4.97. The van der Waals surface area contributed by atoms with Gasteiger partial charge in [-0.1, -0.05) is 0 Å². The van der Waals surface area contributed by atoms with E-state index < -0.39 is 19.7 Å². The van der Waals surface area contributed by atoms with Crippen molar-refractivity contribution in [3.05, 3.63) is 55.4 Å². The Labute approximate surface area is 210 Å². The second kappa shape index (κ2) is 10.5. The molecule has 2 saturated carbocycles. The van der Waals surface area contributed by atoms with Gasteiger partial charge in [0.25, 0.3) is 0 Å². The summed E-state index contributed by atoms with van der Waals surface area (Å²) < 4.78 is 14.9. The van der Waals surface area contributed by atoms with Crippen molar-refractivity contribution in [3.8, 4) is 0 Å². The van der Waals surface area contributed by atoms with E-state index in [1.807, 2.05) is 0 Å². The van der Waals surface area contributed by atoms with Crippen LogP contribution in [0.25, 0.3) is 0 Å². The van der Waals surface area contributed by atoms with Crippen molar-refractivity contribution in [2.75, 3.05) is 0 Å². The molecule has 0 aromatic rings. The Hall–Kier alpha value is -0.776. The van der Waals surface area contributed by atoms with E-state index in [1.54, 1.807) is 6.08 Å². The number of halogens is 2. The van der Waals surface area contributed by atoms with Crippen molar-refractivity contribution in [2.45, 2.75) is 93.4 Å². The van der Waals surface area contributed by atoms with Gasteiger partial charge in [-0.25, -0.2) is 0 Å². The zero-order chi connectivity index (χ0) is 22.7. The summed E-state index contributed by atoms with van der Waals surface area (Å²) in [5, 5.41) is 3.99. The van der Waals surface area contributed by atoms with Gasteiger partial charge in [-0.15, -0.1) is 0 Å². The quantitative estimate of drug-likeness (QED) is 0.291. The Morgan fingerprint density at radius 3 is 2.00 bits per heavy atom. The topological polar surface area (TPSA) is 42.9 Å². The fourth-order valence-electron chi connectivity index (χ4n) is 5.71. The van der Waals surface area contributed by atoms with Gasteiger partial charge in [0.15, 0.2) is 0 Å². The standard InChI is InChI=1S/C16H24ClN2O2.2C5H5.ClH.Ti/c17-14-11-15(20-12-7-3-1-4-8-12)19-16(18-14)21-13-9-5-2-6-10-13;2*1-2-4-5-3-1;;/h11-13,18H,1-10H2;2*1-3H,4H2;1H;/q;;;;+1/p-1. The SMILES string of the molecule is ClC1=CC(OC2CCCCC2)=N[C](OC2CCCCC2)([Ti]([Cl])([C]2=CC=CC2)[C]2=CC=CC2)N1. The van der Waals surface area contributed by atoms with Crippen LogP contribution in [0.4, 0.5) is 0 Å². The second-order valence-electron chi connectivity index (χ2n) is 9.77. The van der Waals surface area contributed by atoms with Crippen LogP contribution in [0, 0.1) is 0 Å². The molecular weight excluding hydrogens is 491 g/mol. The minimum atomic E-state index is -3.72. The Bertz CT molecular complexity index is 897. The van der Waals surface area contributed by atoms with Crippen LogP contribution in [-0.4, -0.2) is 22.3 Å². The predicted octanol–water partition coefficient (Wildman–Crippen LogP) is 7.37. The van der Waals surface area contributed by atoms with Crippen LogP contribution in [0.2, 0.25) is 0 Å². The predicted molar refractivity (Wildman–Crippen MR) is 133 cm³/mol. The summed E-state index contributed by atoms with van der Waals surface area (Å²) in [4.78, 5) is 5.23. The Morgan fingerprint density at radius 1 is 0.879 bits per heavy atom. The van der Waals surface area contributed by atoms with Crippen LogP contribution in [0.3, 0.4) is 0 Å². The summed E-state index contributed by atoms with van der Waals surface area (Å²) in [6.45, 7) is 0. The molecule has 0 amide bonds. The van der Waals surface area contributed by atoms with E-state index in [2.05, 4.69) is 41.8 Å². The number of nitrogens with zero attached hydrogens (tertiary/aromatic N) is 1. The molecule has 4 nitrogen and oxygen atoms in total. The minimum absolute atomic E-state index is 0.113. The summed E-state index contributed by atoms with van der Waals surface area (Å²) in [5.74, 6) is 0.565. The summed E-state index contributed by atoms with van der Waals surface area (Å²) in [7, 11) is 7.91. The molecular formula is C26H34Cl2N2O2Ti. The fraction of sp³-hybridized carbons (Fsp3) is 0.577. The van der Waals surface area contributed by atoms with Gasteiger partial charge >= 0.3 is 211 Å². The maximum atomic E-state index is 7.91. The van der Waals surface area contributed by atoms with Crippen LogP contribution < -0.4 is 5.32 Å². The molecule has 1 aliphatic heterocycles. The van der Waals surface area contributed by atoms with Crippen LogP contribution in [0.1, 0.15) is 77.0 Å². The van der Waals surface area contributed by atoms with Crippen molar-refractivity contribution < 1.29 is 25.0 Å². The van der Waals surface area contributed by atoms with Crippen LogP contribution in [-0.2, 0) is 25.0 Å². The van der Waals surface area contributed by atoms with E-state index in [1.165, 1.54) is 46.3 Å². The van der Waals surface area contributed by atoms with E-state index >= 15 is 0 Å². The van der Waals surface area contributed by atoms with Gasteiger partial charge in [-0.05, 0) is 0 Å². The number of ether oxygens (including phenoxy) is 2. The molecule has 0 radical (unpaired) electrons. The summed E-state index contributed by atoms with van der Waals surface area (Å²) in [6, 6.07) is 0. The fourth-order valence-corrected chi connectivity index (χ4v) is 13.4. The van der Waals surface area contributed by atoms with Gasteiger partial charge in [0.1, 0.15) is 0 Å². The summed E-state index contributed by atoms with van der Waals surface area (Å²) in [5.41, 5.74) is 0. The number of hydrogen-bond donors (Lipinski definition) is 1.